The Morgan fingerprint density at radius 2 is 2.14 bits per heavy atom. The molecule has 1 aliphatic carbocycles. The molecule has 22 heavy (non-hydrogen) atoms. The van der Waals surface area contributed by atoms with E-state index in [0.29, 0.717) is 19.4 Å². The highest BCUT2D eigenvalue weighted by Crippen LogP contribution is 2.30. The highest BCUT2D eigenvalue weighted by atomic mass is 32.1. The van der Waals surface area contributed by atoms with Gasteiger partial charge in [-0.2, -0.15) is 0 Å². The average Bonchev–Trinajstić information content (AvgIpc) is 3.07. The lowest BCUT2D eigenvalue weighted by atomic mass is 9.79. The van der Waals surface area contributed by atoms with E-state index in [1.807, 2.05) is 22.9 Å². The quantitative estimate of drug-likeness (QED) is 0.904. The number of carbonyl (C=O) groups is 2. The highest BCUT2D eigenvalue weighted by molar-refractivity contribution is 7.15. The van der Waals surface area contributed by atoms with Crippen LogP contribution in [0.1, 0.15) is 37.1 Å². The first-order valence-electron chi connectivity index (χ1n) is 7.49. The molecule has 1 fully saturated rings. The molecule has 6 nitrogen and oxygen atoms in total. The molecule has 118 valence electrons. The minimum absolute atomic E-state index is 0.167. The number of rotatable bonds is 4. The Morgan fingerprint density at radius 1 is 1.41 bits per heavy atom. The number of hydrogen-bond acceptors (Lipinski definition) is 4. The lowest BCUT2D eigenvalue weighted by Crippen LogP contribution is -2.39. The fourth-order valence-electron chi connectivity index (χ4n) is 3.07. The van der Waals surface area contributed by atoms with Gasteiger partial charge in [-0.3, -0.25) is 14.0 Å². The molecule has 2 atom stereocenters. The van der Waals surface area contributed by atoms with Crippen molar-refractivity contribution in [3.8, 4) is 0 Å². The van der Waals surface area contributed by atoms with Gasteiger partial charge in [0.1, 0.15) is 0 Å². The predicted molar refractivity (Wildman–Crippen MR) is 82.7 cm³/mol. The third-order valence-electron chi connectivity index (χ3n) is 4.30. The summed E-state index contributed by atoms with van der Waals surface area (Å²) in [6.07, 6.45) is 4.96. The Hall–Kier alpha value is -1.89. The van der Waals surface area contributed by atoms with Crippen LogP contribution in [0.4, 0.5) is 0 Å². The molecule has 2 N–H and O–H groups in total. The van der Waals surface area contributed by atoms with Gasteiger partial charge in [0.2, 0.25) is 5.91 Å². The Balaban J connectivity index is 1.64. The van der Waals surface area contributed by atoms with Crippen LogP contribution in [0.25, 0.3) is 4.96 Å². The summed E-state index contributed by atoms with van der Waals surface area (Å²) < 4.78 is 1.99. The van der Waals surface area contributed by atoms with Gasteiger partial charge >= 0.3 is 5.97 Å². The number of amides is 1. The van der Waals surface area contributed by atoms with Gasteiger partial charge < -0.3 is 10.4 Å². The number of thiazole rings is 1. The number of aryl methyl sites for hydroxylation is 1. The van der Waals surface area contributed by atoms with E-state index in [-0.39, 0.29) is 5.91 Å². The lowest BCUT2D eigenvalue weighted by Gasteiger charge is -2.27. The Morgan fingerprint density at radius 3 is 2.82 bits per heavy atom. The summed E-state index contributed by atoms with van der Waals surface area (Å²) in [4.78, 5) is 28.9. The van der Waals surface area contributed by atoms with Crippen molar-refractivity contribution in [3.05, 3.63) is 23.0 Å². The zero-order valence-corrected chi connectivity index (χ0v) is 13.2. The van der Waals surface area contributed by atoms with Crippen LogP contribution in [0.15, 0.2) is 11.6 Å². The molecule has 0 aromatic carbocycles. The van der Waals surface area contributed by atoms with Crippen LogP contribution in [-0.4, -0.2) is 26.4 Å². The fraction of sp³-hybridized carbons (Fsp3) is 0.533. The van der Waals surface area contributed by atoms with E-state index >= 15 is 0 Å². The summed E-state index contributed by atoms with van der Waals surface area (Å²) in [5, 5.41) is 14.1. The third-order valence-corrected chi connectivity index (χ3v) is 5.26. The molecule has 0 radical (unpaired) electrons. The average molecular weight is 321 g/mol. The monoisotopic (exact) mass is 321 g/mol. The van der Waals surface area contributed by atoms with Gasteiger partial charge in [-0.1, -0.05) is 12.8 Å². The number of carbonyl (C=O) groups excluding carboxylic acids is 1. The molecule has 1 saturated carbocycles. The molecule has 0 bridgehead atoms. The second kappa shape index (κ2) is 6.08. The van der Waals surface area contributed by atoms with Crippen LogP contribution in [-0.2, 0) is 16.1 Å². The summed E-state index contributed by atoms with van der Waals surface area (Å²) >= 11 is 1.56. The Bertz CT molecular complexity index is 706. The normalized spacial score (nSPS) is 21.9. The van der Waals surface area contributed by atoms with Crippen molar-refractivity contribution in [2.75, 3.05) is 0 Å². The summed E-state index contributed by atoms with van der Waals surface area (Å²) in [7, 11) is 0. The topological polar surface area (TPSA) is 83.7 Å². The van der Waals surface area contributed by atoms with Crippen LogP contribution in [0.5, 0.6) is 0 Å². The number of carboxylic acids is 1. The first-order chi connectivity index (χ1) is 10.6. The van der Waals surface area contributed by atoms with E-state index in [9.17, 15) is 14.7 Å². The molecular formula is C15H19N3O3S. The minimum atomic E-state index is -0.863. The first-order valence-corrected chi connectivity index (χ1v) is 8.37. The standard InChI is InChI=1S/C15H19N3O3S/c1-9-8-22-15-17-10(7-18(9)15)6-16-13(19)11-4-2-3-5-12(11)14(20)21/h7-8,11-12H,2-6H2,1H3,(H,16,19)(H,20,21). The van der Waals surface area contributed by atoms with Crippen molar-refractivity contribution >= 4 is 28.2 Å². The number of aliphatic carboxylic acids is 1. The van der Waals surface area contributed by atoms with Crippen LogP contribution >= 0.6 is 11.3 Å². The van der Waals surface area contributed by atoms with Gasteiger partial charge in [-0.25, -0.2) is 4.98 Å². The second-order valence-electron chi connectivity index (χ2n) is 5.82. The minimum Gasteiger partial charge on any atom is -0.481 e. The maximum atomic E-state index is 12.3. The highest BCUT2D eigenvalue weighted by Gasteiger charge is 2.35. The summed E-state index contributed by atoms with van der Waals surface area (Å²) in [6.45, 7) is 2.35. The van der Waals surface area contributed by atoms with Crippen molar-refractivity contribution in [1.82, 2.24) is 14.7 Å². The first kappa shape index (κ1) is 15.0. The molecular weight excluding hydrogens is 302 g/mol. The summed E-state index contributed by atoms with van der Waals surface area (Å²) in [6, 6.07) is 0. The molecule has 2 aromatic rings. The summed E-state index contributed by atoms with van der Waals surface area (Å²) in [5.74, 6) is -2.00. The van der Waals surface area contributed by atoms with Crippen molar-refractivity contribution in [3.63, 3.8) is 0 Å². The number of aromatic nitrogens is 2. The number of carboxylic acid groups (broad SMARTS) is 1. The Labute approximate surface area is 132 Å². The molecule has 0 aliphatic heterocycles. The van der Waals surface area contributed by atoms with Gasteiger partial charge in [0.05, 0.1) is 24.1 Å². The molecule has 3 rings (SSSR count). The maximum absolute atomic E-state index is 12.3. The predicted octanol–water partition coefficient (Wildman–Crippen LogP) is 2.21. The van der Waals surface area contributed by atoms with Gasteiger partial charge in [0, 0.05) is 17.3 Å². The fourth-order valence-corrected chi connectivity index (χ4v) is 3.94. The van der Waals surface area contributed by atoms with E-state index in [1.54, 1.807) is 11.3 Å². The van der Waals surface area contributed by atoms with E-state index in [2.05, 4.69) is 10.3 Å². The van der Waals surface area contributed by atoms with Crippen LogP contribution < -0.4 is 5.32 Å². The summed E-state index contributed by atoms with van der Waals surface area (Å²) in [5.41, 5.74) is 1.91. The Kier molecular flexibility index (Phi) is 4.15. The second-order valence-corrected chi connectivity index (χ2v) is 6.65. The van der Waals surface area contributed by atoms with E-state index < -0.39 is 17.8 Å². The number of nitrogens with zero attached hydrogens (tertiary/aromatic N) is 2. The number of hydrogen-bond donors (Lipinski definition) is 2. The largest absolute Gasteiger partial charge is 0.481 e. The van der Waals surface area contributed by atoms with Crippen LogP contribution in [0.3, 0.4) is 0 Å². The smallest absolute Gasteiger partial charge is 0.307 e. The molecule has 2 unspecified atom stereocenters. The SMILES string of the molecule is Cc1csc2nc(CNC(=O)C3CCCCC3C(=O)O)cn12. The molecule has 2 aromatic heterocycles. The number of nitrogens with one attached hydrogen (secondary N) is 1. The van der Waals surface area contributed by atoms with Crippen molar-refractivity contribution < 1.29 is 14.7 Å². The van der Waals surface area contributed by atoms with Gasteiger partial charge in [-0.15, -0.1) is 11.3 Å². The van der Waals surface area contributed by atoms with Crippen LogP contribution in [0.2, 0.25) is 0 Å². The molecule has 7 heteroatoms. The molecule has 2 heterocycles. The van der Waals surface area contributed by atoms with E-state index in [4.69, 9.17) is 0 Å². The molecule has 0 saturated heterocycles. The van der Waals surface area contributed by atoms with Gasteiger partial charge in [0.25, 0.3) is 0 Å². The zero-order valence-electron chi connectivity index (χ0n) is 12.4. The molecule has 1 amide bonds. The third kappa shape index (κ3) is 2.85. The van der Waals surface area contributed by atoms with Gasteiger partial charge in [0.15, 0.2) is 4.96 Å². The van der Waals surface area contributed by atoms with Crippen LogP contribution in [0, 0.1) is 18.8 Å². The number of fused-ring (bicyclic) bond motifs is 1. The van der Waals surface area contributed by atoms with Gasteiger partial charge in [-0.05, 0) is 19.8 Å². The molecule has 1 aliphatic rings. The van der Waals surface area contributed by atoms with E-state index in [0.717, 1.165) is 29.2 Å². The maximum Gasteiger partial charge on any atom is 0.307 e. The lowest BCUT2D eigenvalue weighted by molar-refractivity contribution is -0.148. The van der Waals surface area contributed by atoms with Crippen molar-refractivity contribution in [1.29, 1.82) is 0 Å². The molecule has 0 spiro atoms. The zero-order chi connectivity index (χ0) is 15.7. The van der Waals surface area contributed by atoms with Crippen molar-refractivity contribution in [2.45, 2.75) is 39.2 Å². The number of imidazole rings is 1. The van der Waals surface area contributed by atoms with Crippen molar-refractivity contribution in [2.24, 2.45) is 11.8 Å². The van der Waals surface area contributed by atoms with E-state index in [1.165, 1.54) is 0 Å².